The van der Waals surface area contributed by atoms with Crippen molar-refractivity contribution in [3.63, 3.8) is 0 Å². The molecule has 1 fully saturated rings. The number of carbonyl (C=O) groups excluding carboxylic acids is 2. The molecule has 1 aliphatic rings. The van der Waals surface area contributed by atoms with Crippen molar-refractivity contribution in [1.29, 1.82) is 0 Å². The van der Waals surface area contributed by atoms with Crippen molar-refractivity contribution in [3.8, 4) is 0 Å². The molecular weight excluding hydrogens is 436 g/mol. The zero-order valence-electron chi connectivity index (χ0n) is 16.0. The lowest BCUT2D eigenvalue weighted by Crippen LogP contribution is -2.36. The summed E-state index contributed by atoms with van der Waals surface area (Å²) in [6, 6.07) is 6.40. The number of aromatic nitrogens is 1. The van der Waals surface area contributed by atoms with E-state index in [-0.39, 0.29) is 9.83 Å². The number of halogens is 4. The van der Waals surface area contributed by atoms with Gasteiger partial charge in [-0.15, -0.1) is 0 Å². The lowest BCUT2D eigenvalue weighted by atomic mass is 9.79. The lowest BCUT2D eigenvalue weighted by Gasteiger charge is -2.27. The summed E-state index contributed by atoms with van der Waals surface area (Å²) in [5.41, 5.74) is -0.720. The Bertz CT molecular complexity index is 1160. The van der Waals surface area contributed by atoms with Crippen LogP contribution in [0.2, 0.25) is 0 Å². The Hall–Kier alpha value is -3.01. The van der Waals surface area contributed by atoms with Gasteiger partial charge in [-0.1, -0.05) is 36.3 Å². The summed E-state index contributed by atoms with van der Waals surface area (Å²) < 4.78 is 59.0. The van der Waals surface area contributed by atoms with Gasteiger partial charge in [0.1, 0.15) is 11.3 Å². The van der Waals surface area contributed by atoms with Gasteiger partial charge < -0.3 is 4.74 Å². The van der Waals surface area contributed by atoms with E-state index in [1.165, 1.54) is 24.3 Å². The zero-order chi connectivity index (χ0) is 22.2. The van der Waals surface area contributed by atoms with Crippen LogP contribution in [0.3, 0.4) is 0 Å². The van der Waals surface area contributed by atoms with Crippen LogP contribution < -0.4 is 5.32 Å². The van der Waals surface area contributed by atoms with Gasteiger partial charge in [0, 0.05) is 0 Å². The largest absolute Gasteiger partial charge is 0.455 e. The summed E-state index contributed by atoms with van der Waals surface area (Å²) in [6.07, 6.45) is 2.63. The number of benzene rings is 2. The van der Waals surface area contributed by atoms with Gasteiger partial charge in [-0.2, -0.15) is 0 Å². The third-order valence-corrected chi connectivity index (χ3v) is 6.26. The Kier molecular flexibility index (Phi) is 5.65. The maximum atomic E-state index is 13.8. The molecule has 162 valence electrons. The van der Waals surface area contributed by atoms with Crippen LogP contribution in [0, 0.1) is 23.3 Å². The molecule has 0 aliphatic heterocycles. The van der Waals surface area contributed by atoms with Crippen LogP contribution in [0.5, 0.6) is 0 Å². The van der Waals surface area contributed by atoms with Crippen LogP contribution in [0.4, 0.5) is 22.7 Å². The summed E-state index contributed by atoms with van der Waals surface area (Å²) in [4.78, 5) is 28.8. The standard InChI is InChI=1S/C21H16F4N2O3S/c22-12-5-3-11(4-6-12)21(7-1-2-8-21)19(29)30-10-15(28)26-20-27-18-14(31-20)9-13(23)16(24)17(18)25/h3-6,9H,1-2,7-8,10H2,(H,26,27,28). The highest BCUT2D eigenvalue weighted by Crippen LogP contribution is 2.42. The average Bonchev–Trinajstić information content (AvgIpc) is 3.39. The van der Waals surface area contributed by atoms with Crippen molar-refractivity contribution < 1.29 is 31.9 Å². The maximum absolute atomic E-state index is 13.8. The minimum atomic E-state index is -1.65. The molecule has 1 amide bonds. The number of nitrogens with zero attached hydrogens (tertiary/aromatic N) is 1. The van der Waals surface area contributed by atoms with Crippen molar-refractivity contribution in [2.45, 2.75) is 31.1 Å². The molecule has 1 aromatic heterocycles. The van der Waals surface area contributed by atoms with E-state index in [0.29, 0.717) is 18.4 Å². The molecular formula is C21H16F4N2O3S. The molecule has 1 N–H and O–H groups in total. The minimum Gasteiger partial charge on any atom is -0.455 e. The molecule has 0 bridgehead atoms. The fourth-order valence-corrected chi connectivity index (χ4v) is 4.71. The summed E-state index contributed by atoms with van der Waals surface area (Å²) in [5.74, 6) is -6.19. The number of nitrogens with one attached hydrogen (secondary N) is 1. The molecule has 0 spiro atoms. The molecule has 1 heterocycles. The number of thiazole rings is 1. The van der Waals surface area contributed by atoms with Gasteiger partial charge in [0.15, 0.2) is 29.2 Å². The van der Waals surface area contributed by atoms with Crippen LogP contribution in [-0.2, 0) is 19.7 Å². The van der Waals surface area contributed by atoms with Gasteiger partial charge in [0.05, 0.1) is 10.1 Å². The molecule has 10 heteroatoms. The van der Waals surface area contributed by atoms with Gasteiger partial charge in [0.25, 0.3) is 5.91 Å². The minimum absolute atomic E-state index is 0.0184. The first kappa shape index (κ1) is 21.2. The summed E-state index contributed by atoms with van der Waals surface area (Å²) in [5, 5.41) is 2.24. The van der Waals surface area contributed by atoms with E-state index in [4.69, 9.17) is 4.74 Å². The number of rotatable bonds is 5. The molecule has 31 heavy (non-hydrogen) atoms. The number of ether oxygens (including phenoxy) is 1. The quantitative estimate of drug-likeness (QED) is 0.342. The van der Waals surface area contributed by atoms with Crippen molar-refractivity contribution in [2.75, 3.05) is 11.9 Å². The molecule has 1 aliphatic carbocycles. The second-order valence-corrected chi connectivity index (χ2v) is 8.30. The molecule has 3 aromatic rings. The van der Waals surface area contributed by atoms with E-state index in [1.54, 1.807) is 0 Å². The van der Waals surface area contributed by atoms with Crippen LogP contribution in [0.15, 0.2) is 30.3 Å². The number of fused-ring (bicyclic) bond motifs is 1. The van der Waals surface area contributed by atoms with Crippen molar-refractivity contribution in [2.24, 2.45) is 0 Å². The van der Waals surface area contributed by atoms with E-state index in [0.717, 1.165) is 30.2 Å². The zero-order valence-corrected chi connectivity index (χ0v) is 16.8. The van der Waals surface area contributed by atoms with Crippen molar-refractivity contribution in [1.82, 2.24) is 4.98 Å². The molecule has 4 rings (SSSR count). The molecule has 0 unspecified atom stereocenters. The van der Waals surface area contributed by atoms with E-state index in [1.807, 2.05) is 0 Å². The maximum Gasteiger partial charge on any atom is 0.317 e. The Morgan fingerprint density at radius 2 is 1.74 bits per heavy atom. The van der Waals surface area contributed by atoms with Crippen LogP contribution in [0.1, 0.15) is 31.2 Å². The molecule has 0 atom stereocenters. The van der Waals surface area contributed by atoms with Crippen LogP contribution in [-0.4, -0.2) is 23.5 Å². The number of amides is 1. The molecule has 0 radical (unpaired) electrons. The SMILES string of the molecule is O=C(COC(=O)C1(c2ccc(F)cc2)CCCC1)Nc1nc2c(F)c(F)c(F)cc2s1. The normalized spacial score (nSPS) is 15.2. The monoisotopic (exact) mass is 452 g/mol. The van der Waals surface area contributed by atoms with Gasteiger partial charge in [0.2, 0.25) is 0 Å². The van der Waals surface area contributed by atoms with E-state index in [9.17, 15) is 27.2 Å². The number of esters is 1. The molecule has 1 saturated carbocycles. The Balaban J connectivity index is 1.44. The van der Waals surface area contributed by atoms with Crippen LogP contribution in [0.25, 0.3) is 10.2 Å². The Labute approximate surface area is 178 Å². The van der Waals surface area contributed by atoms with Crippen LogP contribution >= 0.6 is 11.3 Å². The first-order valence-electron chi connectivity index (χ1n) is 9.47. The van der Waals surface area contributed by atoms with Gasteiger partial charge >= 0.3 is 5.97 Å². The summed E-state index contributed by atoms with van der Waals surface area (Å²) in [7, 11) is 0. The third-order valence-electron chi connectivity index (χ3n) is 5.35. The number of hydrogen-bond donors (Lipinski definition) is 1. The fourth-order valence-electron chi connectivity index (χ4n) is 3.81. The van der Waals surface area contributed by atoms with Gasteiger partial charge in [-0.25, -0.2) is 22.5 Å². The van der Waals surface area contributed by atoms with Gasteiger partial charge in [-0.05, 0) is 36.6 Å². The van der Waals surface area contributed by atoms with E-state index >= 15 is 0 Å². The smallest absolute Gasteiger partial charge is 0.317 e. The highest BCUT2D eigenvalue weighted by molar-refractivity contribution is 7.22. The summed E-state index contributed by atoms with van der Waals surface area (Å²) in [6.45, 7) is -0.622. The highest BCUT2D eigenvalue weighted by Gasteiger charge is 2.44. The third kappa shape index (κ3) is 3.99. The Morgan fingerprint density at radius 3 is 2.42 bits per heavy atom. The van der Waals surface area contributed by atoms with Gasteiger partial charge in [-0.3, -0.25) is 14.9 Å². The van der Waals surface area contributed by atoms with Crippen molar-refractivity contribution in [3.05, 3.63) is 59.2 Å². The van der Waals surface area contributed by atoms with E-state index in [2.05, 4.69) is 10.3 Å². The highest BCUT2D eigenvalue weighted by atomic mass is 32.1. The lowest BCUT2D eigenvalue weighted by molar-refractivity contribution is -0.153. The summed E-state index contributed by atoms with van der Waals surface area (Å²) >= 11 is 0.754. The number of hydrogen-bond acceptors (Lipinski definition) is 5. The van der Waals surface area contributed by atoms with E-state index < -0.39 is 52.7 Å². The predicted molar refractivity (Wildman–Crippen MR) is 106 cm³/mol. The second kappa shape index (κ2) is 8.26. The number of carbonyl (C=O) groups is 2. The average molecular weight is 452 g/mol. The topological polar surface area (TPSA) is 68.3 Å². The first-order valence-corrected chi connectivity index (χ1v) is 10.3. The fraction of sp³-hybridized carbons (Fsp3) is 0.286. The van der Waals surface area contributed by atoms with Crippen molar-refractivity contribution >= 4 is 38.6 Å². The molecule has 2 aromatic carbocycles. The molecule has 5 nitrogen and oxygen atoms in total. The Morgan fingerprint density at radius 1 is 1.06 bits per heavy atom. The first-order chi connectivity index (χ1) is 14.8. The number of anilines is 1. The predicted octanol–water partition coefficient (Wildman–Crippen LogP) is 4.85. The second-order valence-electron chi connectivity index (χ2n) is 7.27. The molecule has 0 saturated heterocycles.